The van der Waals surface area contributed by atoms with Gasteiger partial charge in [0.25, 0.3) is 0 Å². The molecule has 0 unspecified atom stereocenters. The molecule has 5 nitrogen and oxygen atoms in total. The van der Waals surface area contributed by atoms with Crippen molar-refractivity contribution < 1.29 is 4.39 Å². The van der Waals surface area contributed by atoms with Crippen molar-refractivity contribution >= 4 is 11.6 Å². The van der Waals surface area contributed by atoms with Gasteiger partial charge in [0.15, 0.2) is 5.82 Å². The number of nitrogen functional groups attached to an aromatic ring is 1. The van der Waals surface area contributed by atoms with Gasteiger partial charge in [-0.3, -0.25) is 0 Å². The molecule has 1 aliphatic rings. The van der Waals surface area contributed by atoms with Gasteiger partial charge in [-0.15, -0.1) is 10.2 Å². The fourth-order valence-corrected chi connectivity index (χ4v) is 2.19. The van der Waals surface area contributed by atoms with Crippen LogP contribution in [-0.4, -0.2) is 54.5 Å². The Kier molecular flexibility index (Phi) is 3.42. The maximum atomic E-state index is 14.0. The molecule has 2 N–H and O–H groups in total. The van der Waals surface area contributed by atoms with E-state index in [1.807, 2.05) is 23.9 Å². The second kappa shape index (κ2) is 4.83. The number of nitrogens with zero attached hydrogens (tertiary/aromatic N) is 4. The highest BCUT2D eigenvalue weighted by atomic mass is 19.1. The lowest BCUT2D eigenvalue weighted by Crippen LogP contribution is -2.50. The molecule has 17 heavy (non-hydrogen) atoms. The molecule has 94 valence electrons. The van der Waals surface area contributed by atoms with E-state index in [0.717, 1.165) is 13.0 Å². The molecule has 0 bridgehead atoms. The molecule has 2 rings (SSSR count). The fourth-order valence-electron chi connectivity index (χ4n) is 2.19. The number of anilines is 2. The van der Waals surface area contributed by atoms with E-state index in [9.17, 15) is 4.39 Å². The van der Waals surface area contributed by atoms with Gasteiger partial charge in [0.1, 0.15) is 12.0 Å². The number of piperidine rings is 1. The quantitative estimate of drug-likeness (QED) is 0.816. The van der Waals surface area contributed by atoms with Crippen molar-refractivity contribution in [3.63, 3.8) is 0 Å². The standard InChI is InChI=1S/C11H18FN5/c1-16(2)9-5-6-17(7-8(9)12)11-4-3-10(13)14-15-11/h3-4,8-9H,5-7H2,1-2H3,(H2,13,14)/t8-,9+/m0/s1. The Morgan fingerprint density at radius 2 is 2.18 bits per heavy atom. The predicted octanol–water partition coefficient (Wildman–Crippen LogP) is 0.537. The van der Waals surface area contributed by atoms with Crippen molar-refractivity contribution in [2.75, 3.05) is 37.8 Å². The zero-order valence-electron chi connectivity index (χ0n) is 10.2. The summed E-state index contributed by atoms with van der Waals surface area (Å²) in [6.07, 6.45) is -0.0710. The minimum absolute atomic E-state index is 0.00649. The first-order chi connectivity index (χ1) is 8.08. The van der Waals surface area contributed by atoms with Gasteiger partial charge < -0.3 is 15.5 Å². The molecule has 1 saturated heterocycles. The van der Waals surface area contributed by atoms with Crippen LogP contribution in [0.4, 0.5) is 16.0 Å². The molecule has 2 heterocycles. The number of halogens is 1. The lowest BCUT2D eigenvalue weighted by atomic mass is 10.0. The third kappa shape index (κ3) is 2.63. The highest BCUT2D eigenvalue weighted by molar-refractivity contribution is 5.42. The van der Waals surface area contributed by atoms with Gasteiger partial charge in [-0.05, 0) is 32.6 Å². The first-order valence-corrected chi connectivity index (χ1v) is 5.72. The second-order valence-electron chi connectivity index (χ2n) is 4.60. The van der Waals surface area contributed by atoms with Crippen LogP contribution >= 0.6 is 0 Å². The number of alkyl halides is 1. The number of rotatable bonds is 2. The molecule has 6 heteroatoms. The molecule has 0 amide bonds. The Morgan fingerprint density at radius 1 is 1.41 bits per heavy atom. The number of aromatic nitrogens is 2. The summed E-state index contributed by atoms with van der Waals surface area (Å²) in [5, 5.41) is 7.76. The average molecular weight is 239 g/mol. The summed E-state index contributed by atoms with van der Waals surface area (Å²) in [6, 6.07) is 3.46. The van der Waals surface area contributed by atoms with E-state index in [2.05, 4.69) is 10.2 Å². The Balaban J connectivity index is 2.04. The fraction of sp³-hybridized carbons (Fsp3) is 0.636. The smallest absolute Gasteiger partial charge is 0.151 e. The summed E-state index contributed by atoms with van der Waals surface area (Å²) >= 11 is 0. The molecule has 0 saturated carbocycles. The molecule has 0 aliphatic carbocycles. The van der Waals surface area contributed by atoms with Crippen molar-refractivity contribution in [1.29, 1.82) is 0 Å². The van der Waals surface area contributed by atoms with Crippen molar-refractivity contribution in [3.05, 3.63) is 12.1 Å². The maximum absolute atomic E-state index is 14.0. The Bertz CT molecular complexity index is 367. The van der Waals surface area contributed by atoms with Crippen LogP contribution in [0.15, 0.2) is 12.1 Å². The number of nitrogens with two attached hydrogens (primary N) is 1. The van der Waals surface area contributed by atoms with Crippen molar-refractivity contribution in [1.82, 2.24) is 15.1 Å². The highest BCUT2D eigenvalue weighted by Crippen LogP contribution is 2.21. The lowest BCUT2D eigenvalue weighted by molar-refractivity contribution is 0.136. The van der Waals surface area contributed by atoms with Crippen LogP contribution < -0.4 is 10.6 Å². The summed E-state index contributed by atoms with van der Waals surface area (Å²) in [6.45, 7) is 1.16. The highest BCUT2D eigenvalue weighted by Gasteiger charge is 2.31. The Hall–Kier alpha value is -1.43. The minimum atomic E-state index is -0.863. The van der Waals surface area contributed by atoms with E-state index >= 15 is 0 Å². The molecule has 0 radical (unpaired) electrons. The first kappa shape index (κ1) is 12.0. The van der Waals surface area contributed by atoms with Crippen LogP contribution in [0.3, 0.4) is 0 Å². The van der Waals surface area contributed by atoms with E-state index in [4.69, 9.17) is 5.73 Å². The number of hydrogen-bond acceptors (Lipinski definition) is 5. The zero-order valence-corrected chi connectivity index (χ0v) is 10.2. The first-order valence-electron chi connectivity index (χ1n) is 5.72. The summed E-state index contributed by atoms with van der Waals surface area (Å²) in [5.74, 6) is 1.08. The summed E-state index contributed by atoms with van der Waals surface area (Å²) in [7, 11) is 3.83. The van der Waals surface area contributed by atoms with Crippen LogP contribution in [0.25, 0.3) is 0 Å². The predicted molar refractivity (Wildman–Crippen MR) is 65.6 cm³/mol. The minimum Gasteiger partial charge on any atom is -0.382 e. The Labute approximate surface area is 100 Å². The monoisotopic (exact) mass is 239 g/mol. The molecular formula is C11H18FN5. The van der Waals surface area contributed by atoms with E-state index < -0.39 is 6.17 Å². The summed E-state index contributed by atoms with van der Waals surface area (Å²) in [5.41, 5.74) is 5.47. The van der Waals surface area contributed by atoms with Crippen molar-refractivity contribution in [2.45, 2.75) is 18.6 Å². The molecule has 1 aliphatic heterocycles. The molecule has 0 spiro atoms. The van der Waals surface area contributed by atoms with Crippen LogP contribution in [0.2, 0.25) is 0 Å². The van der Waals surface area contributed by atoms with Gasteiger partial charge >= 0.3 is 0 Å². The lowest BCUT2D eigenvalue weighted by Gasteiger charge is -2.38. The normalized spacial score (nSPS) is 25.3. The topological polar surface area (TPSA) is 58.3 Å². The summed E-state index contributed by atoms with van der Waals surface area (Å²) in [4.78, 5) is 3.85. The molecule has 1 aromatic heterocycles. The van der Waals surface area contributed by atoms with Crippen LogP contribution in [0, 0.1) is 0 Å². The molecule has 2 atom stereocenters. The van der Waals surface area contributed by atoms with E-state index in [1.165, 1.54) is 0 Å². The van der Waals surface area contributed by atoms with Gasteiger partial charge in [-0.2, -0.15) is 0 Å². The maximum Gasteiger partial charge on any atom is 0.151 e. The molecule has 0 aromatic carbocycles. The largest absolute Gasteiger partial charge is 0.382 e. The average Bonchev–Trinajstić information content (AvgIpc) is 2.29. The van der Waals surface area contributed by atoms with E-state index in [-0.39, 0.29) is 6.04 Å². The summed E-state index contributed by atoms with van der Waals surface area (Å²) < 4.78 is 14.0. The van der Waals surface area contributed by atoms with Gasteiger partial charge in [-0.1, -0.05) is 0 Å². The van der Waals surface area contributed by atoms with Gasteiger partial charge in [0.2, 0.25) is 0 Å². The Morgan fingerprint density at radius 3 is 2.71 bits per heavy atom. The van der Waals surface area contributed by atoms with Crippen molar-refractivity contribution in [3.8, 4) is 0 Å². The SMILES string of the molecule is CN(C)[C@@H]1CCN(c2ccc(N)nn2)C[C@@H]1F. The van der Waals surface area contributed by atoms with Gasteiger partial charge in [0, 0.05) is 12.6 Å². The van der Waals surface area contributed by atoms with E-state index in [0.29, 0.717) is 18.2 Å². The van der Waals surface area contributed by atoms with Crippen molar-refractivity contribution in [2.24, 2.45) is 0 Å². The second-order valence-corrected chi connectivity index (χ2v) is 4.60. The molecule has 1 fully saturated rings. The zero-order chi connectivity index (χ0) is 12.4. The molecular weight excluding hydrogens is 221 g/mol. The van der Waals surface area contributed by atoms with Gasteiger partial charge in [0.05, 0.1) is 6.54 Å². The third-order valence-corrected chi connectivity index (χ3v) is 3.17. The molecule has 1 aromatic rings. The van der Waals surface area contributed by atoms with Gasteiger partial charge in [-0.25, -0.2) is 4.39 Å². The third-order valence-electron chi connectivity index (χ3n) is 3.17. The van der Waals surface area contributed by atoms with E-state index in [1.54, 1.807) is 12.1 Å². The van der Waals surface area contributed by atoms with Crippen LogP contribution in [0.1, 0.15) is 6.42 Å². The van der Waals surface area contributed by atoms with Crippen LogP contribution in [-0.2, 0) is 0 Å². The number of hydrogen-bond donors (Lipinski definition) is 1. The van der Waals surface area contributed by atoms with Crippen LogP contribution in [0.5, 0.6) is 0 Å².